The molecule has 126 valence electrons. The van der Waals surface area contributed by atoms with Gasteiger partial charge >= 0.3 is 0 Å². The van der Waals surface area contributed by atoms with Crippen LogP contribution >= 0.6 is 15.9 Å². The maximum absolute atomic E-state index is 12.1. The van der Waals surface area contributed by atoms with Crippen molar-refractivity contribution in [2.45, 2.75) is 12.8 Å². The molecule has 0 bridgehead atoms. The summed E-state index contributed by atoms with van der Waals surface area (Å²) in [5.41, 5.74) is 7.40. The predicted octanol–water partition coefficient (Wildman–Crippen LogP) is 2.10. The van der Waals surface area contributed by atoms with E-state index in [2.05, 4.69) is 31.5 Å². The SMILES string of the molecule is NCCC(=O)NCCc1ccc(NC(=O)c2ccccn2)c(Br)c1. The normalized spacial score (nSPS) is 10.2. The molecule has 0 spiro atoms. The molecule has 2 amide bonds. The van der Waals surface area contributed by atoms with Gasteiger partial charge < -0.3 is 16.4 Å². The van der Waals surface area contributed by atoms with Crippen LogP contribution < -0.4 is 16.4 Å². The van der Waals surface area contributed by atoms with Gasteiger partial charge in [0.05, 0.1) is 5.69 Å². The van der Waals surface area contributed by atoms with Crippen molar-refractivity contribution in [3.05, 3.63) is 58.3 Å². The summed E-state index contributed by atoms with van der Waals surface area (Å²) in [6.07, 6.45) is 2.61. The molecule has 1 aromatic heterocycles. The molecule has 0 radical (unpaired) electrons. The zero-order chi connectivity index (χ0) is 17.4. The zero-order valence-electron chi connectivity index (χ0n) is 13.1. The van der Waals surface area contributed by atoms with Gasteiger partial charge in [0.15, 0.2) is 0 Å². The highest BCUT2D eigenvalue weighted by Gasteiger charge is 2.09. The van der Waals surface area contributed by atoms with Crippen molar-refractivity contribution in [1.82, 2.24) is 10.3 Å². The number of carbonyl (C=O) groups excluding carboxylic acids is 2. The first-order chi connectivity index (χ1) is 11.6. The van der Waals surface area contributed by atoms with Crippen LogP contribution in [0.3, 0.4) is 0 Å². The molecule has 0 unspecified atom stereocenters. The van der Waals surface area contributed by atoms with Gasteiger partial charge in [-0.1, -0.05) is 12.1 Å². The van der Waals surface area contributed by atoms with E-state index in [1.165, 1.54) is 0 Å². The second-order valence-electron chi connectivity index (χ2n) is 5.12. The van der Waals surface area contributed by atoms with E-state index in [0.717, 1.165) is 10.0 Å². The molecule has 1 aromatic carbocycles. The van der Waals surface area contributed by atoms with Crippen LogP contribution in [0.2, 0.25) is 0 Å². The lowest BCUT2D eigenvalue weighted by molar-refractivity contribution is -0.120. The van der Waals surface area contributed by atoms with E-state index in [1.807, 2.05) is 18.2 Å². The topological polar surface area (TPSA) is 97.1 Å². The second-order valence-corrected chi connectivity index (χ2v) is 5.98. The second kappa shape index (κ2) is 9.14. The van der Waals surface area contributed by atoms with Crippen LogP contribution in [0.4, 0.5) is 5.69 Å². The van der Waals surface area contributed by atoms with Crippen LogP contribution in [-0.4, -0.2) is 29.9 Å². The quantitative estimate of drug-likeness (QED) is 0.674. The summed E-state index contributed by atoms with van der Waals surface area (Å²) < 4.78 is 0.776. The first-order valence-corrected chi connectivity index (χ1v) is 8.37. The first kappa shape index (κ1) is 18.1. The number of pyridine rings is 1. The Morgan fingerprint density at radius 3 is 2.71 bits per heavy atom. The number of hydrogen-bond acceptors (Lipinski definition) is 4. The molecular weight excluding hydrogens is 372 g/mol. The number of nitrogens with two attached hydrogens (primary N) is 1. The molecule has 4 N–H and O–H groups in total. The Hall–Kier alpha value is -2.25. The van der Waals surface area contributed by atoms with Crippen LogP contribution in [0.5, 0.6) is 0 Å². The van der Waals surface area contributed by atoms with Crippen molar-refractivity contribution in [3.8, 4) is 0 Å². The average molecular weight is 391 g/mol. The number of benzene rings is 1. The molecule has 24 heavy (non-hydrogen) atoms. The fourth-order valence-electron chi connectivity index (χ4n) is 2.06. The molecule has 0 aliphatic heterocycles. The molecule has 0 fully saturated rings. The Bertz CT molecular complexity index is 707. The number of hydrogen-bond donors (Lipinski definition) is 3. The number of aromatic nitrogens is 1. The number of nitrogens with one attached hydrogen (secondary N) is 2. The number of halogens is 1. The Morgan fingerprint density at radius 2 is 2.04 bits per heavy atom. The molecule has 2 aromatic rings. The van der Waals surface area contributed by atoms with Crippen LogP contribution in [0.1, 0.15) is 22.5 Å². The van der Waals surface area contributed by atoms with Crippen molar-refractivity contribution < 1.29 is 9.59 Å². The lowest BCUT2D eigenvalue weighted by Crippen LogP contribution is -2.27. The third-order valence-corrected chi connectivity index (χ3v) is 3.94. The highest BCUT2D eigenvalue weighted by Crippen LogP contribution is 2.24. The molecule has 0 atom stereocenters. The highest BCUT2D eigenvalue weighted by molar-refractivity contribution is 9.10. The van der Waals surface area contributed by atoms with Crippen molar-refractivity contribution in [2.24, 2.45) is 5.73 Å². The molecular formula is C17H19BrN4O2. The Balaban J connectivity index is 1.92. The summed E-state index contributed by atoms with van der Waals surface area (Å²) in [7, 11) is 0. The van der Waals surface area contributed by atoms with E-state index in [9.17, 15) is 9.59 Å². The van der Waals surface area contributed by atoms with Crippen LogP contribution in [0, 0.1) is 0 Å². The predicted molar refractivity (Wildman–Crippen MR) is 96.7 cm³/mol. The fraction of sp³-hybridized carbons (Fsp3) is 0.235. The van der Waals surface area contributed by atoms with E-state index in [0.29, 0.717) is 37.3 Å². The minimum atomic E-state index is -0.266. The maximum Gasteiger partial charge on any atom is 0.274 e. The summed E-state index contributed by atoms with van der Waals surface area (Å²) >= 11 is 3.45. The zero-order valence-corrected chi connectivity index (χ0v) is 14.7. The maximum atomic E-state index is 12.1. The molecule has 0 saturated carbocycles. The van der Waals surface area contributed by atoms with Gasteiger partial charge in [-0.25, -0.2) is 0 Å². The number of nitrogens with zero attached hydrogens (tertiary/aromatic N) is 1. The monoisotopic (exact) mass is 390 g/mol. The molecule has 0 aliphatic rings. The van der Waals surface area contributed by atoms with Crippen molar-refractivity contribution in [1.29, 1.82) is 0 Å². The van der Waals surface area contributed by atoms with Gasteiger partial charge in [-0.15, -0.1) is 0 Å². The summed E-state index contributed by atoms with van der Waals surface area (Å²) in [6, 6.07) is 10.8. The first-order valence-electron chi connectivity index (χ1n) is 7.57. The number of anilines is 1. The number of carbonyl (C=O) groups is 2. The van der Waals surface area contributed by atoms with E-state index in [1.54, 1.807) is 24.4 Å². The van der Waals surface area contributed by atoms with Gasteiger partial charge in [0.25, 0.3) is 5.91 Å². The third-order valence-electron chi connectivity index (χ3n) is 3.29. The third kappa shape index (κ3) is 5.43. The van der Waals surface area contributed by atoms with E-state index in [-0.39, 0.29) is 11.8 Å². The fourth-order valence-corrected chi connectivity index (χ4v) is 2.59. The Labute approximate surface area is 149 Å². The number of amides is 2. The van der Waals surface area contributed by atoms with Crippen molar-refractivity contribution >= 4 is 33.4 Å². The smallest absolute Gasteiger partial charge is 0.274 e. The Morgan fingerprint density at radius 1 is 1.21 bits per heavy atom. The van der Waals surface area contributed by atoms with Crippen LogP contribution in [0.15, 0.2) is 47.1 Å². The summed E-state index contributed by atoms with van der Waals surface area (Å²) in [6.45, 7) is 0.896. The van der Waals surface area contributed by atoms with Crippen LogP contribution in [0.25, 0.3) is 0 Å². The largest absolute Gasteiger partial charge is 0.356 e. The van der Waals surface area contributed by atoms with Gasteiger partial charge in [-0.2, -0.15) is 0 Å². The highest BCUT2D eigenvalue weighted by atomic mass is 79.9. The van der Waals surface area contributed by atoms with Gasteiger partial charge in [-0.3, -0.25) is 14.6 Å². The van der Waals surface area contributed by atoms with E-state index < -0.39 is 0 Å². The number of rotatable bonds is 7. The van der Waals surface area contributed by atoms with Crippen LogP contribution in [-0.2, 0) is 11.2 Å². The summed E-state index contributed by atoms with van der Waals surface area (Å²) in [5, 5.41) is 5.62. The molecule has 6 nitrogen and oxygen atoms in total. The molecule has 2 rings (SSSR count). The van der Waals surface area contributed by atoms with Gasteiger partial charge in [0, 0.05) is 30.2 Å². The van der Waals surface area contributed by atoms with E-state index >= 15 is 0 Å². The van der Waals surface area contributed by atoms with Gasteiger partial charge in [0.2, 0.25) is 5.91 Å². The molecule has 0 saturated heterocycles. The molecule has 7 heteroatoms. The molecule has 1 heterocycles. The standard InChI is InChI=1S/C17H19BrN4O2/c18-13-11-12(7-10-21-16(23)6-8-19)4-5-14(13)22-17(24)15-3-1-2-9-20-15/h1-5,9,11H,6-8,10,19H2,(H,21,23)(H,22,24). The average Bonchev–Trinajstić information content (AvgIpc) is 2.58. The molecule has 0 aliphatic carbocycles. The van der Waals surface area contributed by atoms with Gasteiger partial charge in [-0.05, 0) is 52.2 Å². The lowest BCUT2D eigenvalue weighted by Gasteiger charge is -2.10. The van der Waals surface area contributed by atoms with Gasteiger partial charge in [0.1, 0.15) is 5.69 Å². The van der Waals surface area contributed by atoms with E-state index in [4.69, 9.17) is 5.73 Å². The minimum Gasteiger partial charge on any atom is -0.356 e. The minimum absolute atomic E-state index is 0.0455. The summed E-state index contributed by atoms with van der Waals surface area (Å²) in [5.74, 6) is -0.311. The lowest BCUT2D eigenvalue weighted by atomic mass is 10.1. The Kier molecular flexibility index (Phi) is 6.89. The van der Waals surface area contributed by atoms with Crippen molar-refractivity contribution in [3.63, 3.8) is 0 Å². The summed E-state index contributed by atoms with van der Waals surface area (Å²) in [4.78, 5) is 27.5. The van der Waals surface area contributed by atoms with Crippen molar-refractivity contribution in [2.75, 3.05) is 18.4 Å².